The zero-order valence-electron chi connectivity index (χ0n) is 12.2. The first-order chi connectivity index (χ1) is 9.05. The van der Waals surface area contributed by atoms with Gasteiger partial charge in [-0.15, -0.1) is 0 Å². The van der Waals surface area contributed by atoms with Crippen molar-refractivity contribution in [3.8, 4) is 0 Å². The van der Waals surface area contributed by atoms with Crippen molar-refractivity contribution in [3.63, 3.8) is 0 Å². The highest BCUT2D eigenvalue weighted by Gasteiger charge is 2.53. The molecule has 0 radical (unpaired) electrons. The molecule has 1 fully saturated rings. The molecule has 0 N–H and O–H groups in total. The minimum atomic E-state index is -1.12. The van der Waals surface area contributed by atoms with Crippen LogP contribution in [-0.2, 0) is 9.31 Å². The van der Waals surface area contributed by atoms with Crippen molar-refractivity contribution < 1.29 is 22.9 Å². The Kier molecular flexibility index (Phi) is 3.51. The minimum absolute atomic E-state index is 0.0136. The van der Waals surface area contributed by atoms with Crippen LogP contribution in [0.15, 0.2) is 12.1 Å². The molecule has 6 heteroatoms. The van der Waals surface area contributed by atoms with Crippen molar-refractivity contribution >= 4 is 18.4 Å². The van der Waals surface area contributed by atoms with Gasteiger partial charge in [0.1, 0.15) is 11.6 Å². The molecule has 0 saturated carbocycles. The fraction of sp³-hybridized carbons (Fsp3) is 0.500. The van der Waals surface area contributed by atoms with Crippen LogP contribution in [-0.4, -0.2) is 24.1 Å². The number of hydrogen-bond donors (Lipinski definition) is 0. The van der Waals surface area contributed by atoms with E-state index in [1.165, 1.54) is 6.92 Å². The number of Topliss-reactive ketones (excluding diaryl/α,β-unsaturated/α-hetero) is 1. The number of benzene rings is 1. The van der Waals surface area contributed by atoms with Crippen LogP contribution in [0, 0.1) is 11.6 Å². The van der Waals surface area contributed by atoms with Crippen molar-refractivity contribution in [1.82, 2.24) is 0 Å². The number of halogens is 2. The van der Waals surface area contributed by atoms with Crippen molar-refractivity contribution in [2.75, 3.05) is 0 Å². The summed E-state index contributed by atoms with van der Waals surface area (Å²) in [7, 11) is -1.12. The van der Waals surface area contributed by atoms with E-state index in [0.29, 0.717) is 0 Å². The molecule has 1 aromatic rings. The monoisotopic (exact) mass is 282 g/mol. The maximum atomic E-state index is 14.1. The molecule has 0 bridgehead atoms. The van der Waals surface area contributed by atoms with E-state index in [4.69, 9.17) is 9.31 Å². The molecule has 3 nitrogen and oxygen atoms in total. The van der Waals surface area contributed by atoms with Gasteiger partial charge in [-0.2, -0.15) is 0 Å². The van der Waals surface area contributed by atoms with Crippen molar-refractivity contribution in [2.45, 2.75) is 45.8 Å². The van der Waals surface area contributed by atoms with Crippen LogP contribution in [0.3, 0.4) is 0 Å². The van der Waals surface area contributed by atoms with Crippen LogP contribution >= 0.6 is 0 Å². The second-order valence-electron chi connectivity index (χ2n) is 6.00. The second-order valence-corrected chi connectivity index (χ2v) is 6.00. The first-order valence-electron chi connectivity index (χ1n) is 6.41. The average Bonchev–Trinajstić information content (AvgIpc) is 2.46. The van der Waals surface area contributed by atoms with E-state index in [9.17, 15) is 13.6 Å². The Labute approximate surface area is 117 Å². The lowest BCUT2D eigenvalue weighted by Gasteiger charge is -2.32. The van der Waals surface area contributed by atoms with Gasteiger partial charge in [0, 0.05) is 5.56 Å². The summed E-state index contributed by atoms with van der Waals surface area (Å²) in [5.41, 5.74) is -1.68. The zero-order valence-corrected chi connectivity index (χ0v) is 12.2. The molecule has 2 rings (SSSR count). The highest BCUT2D eigenvalue weighted by Crippen LogP contribution is 2.36. The van der Waals surface area contributed by atoms with Gasteiger partial charge >= 0.3 is 7.12 Å². The van der Waals surface area contributed by atoms with Crippen LogP contribution < -0.4 is 5.46 Å². The smallest absolute Gasteiger partial charge is 0.399 e. The summed E-state index contributed by atoms with van der Waals surface area (Å²) >= 11 is 0. The summed E-state index contributed by atoms with van der Waals surface area (Å²) in [4.78, 5) is 11.2. The van der Waals surface area contributed by atoms with E-state index >= 15 is 0 Å². The number of rotatable bonds is 2. The van der Waals surface area contributed by atoms with Gasteiger partial charge in [-0.25, -0.2) is 8.78 Å². The Morgan fingerprint density at radius 3 is 1.80 bits per heavy atom. The van der Waals surface area contributed by atoms with Crippen LogP contribution in [0.25, 0.3) is 0 Å². The predicted molar refractivity (Wildman–Crippen MR) is 72.1 cm³/mol. The molecule has 0 aromatic heterocycles. The van der Waals surface area contributed by atoms with Gasteiger partial charge in [0.05, 0.1) is 16.7 Å². The molecule has 1 aliphatic rings. The van der Waals surface area contributed by atoms with Gasteiger partial charge in [-0.1, -0.05) is 0 Å². The summed E-state index contributed by atoms with van der Waals surface area (Å²) in [6.07, 6.45) is 0. The normalized spacial score (nSPS) is 20.2. The lowest BCUT2D eigenvalue weighted by atomic mass is 9.77. The van der Waals surface area contributed by atoms with E-state index in [-0.39, 0.29) is 11.0 Å². The highest BCUT2D eigenvalue weighted by molar-refractivity contribution is 6.62. The second kappa shape index (κ2) is 4.64. The lowest BCUT2D eigenvalue weighted by Crippen LogP contribution is -2.41. The van der Waals surface area contributed by atoms with Gasteiger partial charge in [-0.05, 0) is 46.8 Å². The Bertz CT molecular complexity index is 531. The molecule has 20 heavy (non-hydrogen) atoms. The Balaban J connectivity index is 2.43. The number of hydrogen-bond acceptors (Lipinski definition) is 3. The fourth-order valence-electron chi connectivity index (χ4n) is 1.97. The summed E-state index contributed by atoms with van der Waals surface area (Å²) in [5.74, 6) is -2.08. The molecule has 1 aromatic carbocycles. The largest absolute Gasteiger partial charge is 0.500 e. The van der Waals surface area contributed by atoms with Crippen molar-refractivity contribution in [3.05, 3.63) is 29.3 Å². The van der Waals surface area contributed by atoms with Gasteiger partial charge in [0.25, 0.3) is 0 Å². The molecule has 0 unspecified atom stereocenters. The molecule has 1 aliphatic heterocycles. The first-order valence-corrected chi connectivity index (χ1v) is 6.41. The lowest BCUT2D eigenvalue weighted by molar-refractivity contribution is 0.00578. The third-order valence-corrected chi connectivity index (χ3v) is 3.97. The fourth-order valence-corrected chi connectivity index (χ4v) is 1.97. The Morgan fingerprint density at radius 2 is 1.45 bits per heavy atom. The van der Waals surface area contributed by atoms with Crippen LogP contribution in [0.4, 0.5) is 8.78 Å². The molecule has 108 valence electrons. The van der Waals surface area contributed by atoms with E-state index in [0.717, 1.165) is 12.1 Å². The van der Waals surface area contributed by atoms with Gasteiger partial charge in [0.15, 0.2) is 5.78 Å². The first kappa shape index (κ1) is 15.1. The zero-order chi connectivity index (χ0) is 15.3. The summed E-state index contributed by atoms with van der Waals surface area (Å²) in [6.45, 7) is 8.45. The third kappa shape index (κ3) is 2.38. The molecule has 1 saturated heterocycles. The maximum Gasteiger partial charge on any atom is 0.500 e. The van der Waals surface area contributed by atoms with E-state index < -0.39 is 35.7 Å². The van der Waals surface area contributed by atoms with Gasteiger partial charge in [0.2, 0.25) is 0 Å². The standard InChI is InChI=1S/C14H17BF2O3/c1-8(18)9-6-10(16)12(11(17)7-9)15-19-13(2,3)14(4,5)20-15/h6-7H,1-5H3. The minimum Gasteiger partial charge on any atom is -0.399 e. The van der Waals surface area contributed by atoms with Gasteiger partial charge in [-0.3, -0.25) is 4.79 Å². The SMILES string of the molecule is CC(=O)c1cc(F)c(B2OC(C)(C)C(C)(C)O2)c(F)c1. The number of carbonyl (C=O) groups excluding carboxylic acids is 1. The van der Waals surface area contributed by atoms with Crippen LogP contribution in [0.2, 0.25) is 0 Å². The summed E-state index contributed by atoms with van der Waals surface area (Å²) < 4.78 is 39.4. The van der Waals surface area contributed by atoms with Crippen molar-refractivity contribution in [1.29, 1.82) is 0 Å². The highest BCUT2D eigenvalue weighted by atomic mass is 19.1. The molecule has 0 spiro atoms. The van der Waals surface area contributed by atoms with Gasteiger partial charge < -0.3 is 9.31 Å². The summed E-state index contributed by atoms with van der Waals surface area (Å²) in [6, 6.07) is 2.01. The molecular formula is C14H17BF2O3. The predicted octanol–water partition coefficient (Wildman–Crippen LogP) is 2.47. The molecule has 0 amide bonds. The molecule has 0 aliphatic carbocycles. The average molecular weight is 282 g/mol. The van der Waals surface area contributed by atoms with Crippen LogP contribution in [0.5, 0.6) is 0 Å². The Morgan fingerprint density at radius 1 is 1.05 bits per heavy atom. The molecule has 1 heterocycles. The van der Waals surface area contributed by atoms with Crippen LogP contribution in [0.1, 0.15) is 45.0 Å². The third-order valence-electron chi connectivity index (χ3n) is 3.97. The van der Waals surface area contributed by atoms with E-state index in [1.807, 2.05) is 0 Å². The number of carbonyl (C=O) groups is 1. The topological polar surface area (TPSA) is 35.5 Å². The van der Waals surface area contributed by atoms with E-state index in [2.05, 4.69) is 0 Å². The van der Waals surface area contributed by atoms with Crippen molar-refractivity contribution in [2.24, 2.45) is 0 Å². The maximum absolute atomic E-state index is 14.1. The molecule has 0 atom stereocenters. The summed E-state index contributed by atoms with van der Waals surface area (Å²) in [5, 5.41) is 0. The molecular weight excluding hydrogens is 265 g/mol. The Hall–Kier alpha value is -1.27. The number of ketones is 1. The van der Waals surface area contributed by atoms with E-state index in [1.54, 1.807) is 27.7 Å². The quantitative estimate of drug-likeness (QED) is 0.617.